The van der Waals surface area contributed by atoms with Gasteiger partial charge in [-0.15, -0.1) is 0 Å². The topological polar surface area (TPSA) is 49.9 Å². The Hall–Kier alpha value is -2.82. The summed E-state index contributed by atoms with van der Waals surface area (Å²) in [6, 6.07) is 14.4. The molecule has 0 bridgehead atoms. The van der Waals surface area contributed by atoms with E-state index in [4.69, 9.17) is 4.74 Å². The Morgan fingerprint density at radius 2 is 1.70 bits per heavy atom. The quantitative estimate of drug-likeness (QED) is 0.801. The normalized spacial score (nSPS) is 19.6. The standard InChI is InChI=1S/C18H16N2O3/c1-23-16-9-5-4-8-14(16)20-17(21)15-10-12-6-2-3-7-13(12)11-19(15)18(20)22/h2-9,15H,10-11H2,1H3/t15-/m0/s1. The summed E-state index contributed by atoms with van der Waals surface area (Å²) in [6.07, 6.45) is 0.562. The van der Waals surface area contributed by atoms with Crippen LogP contribution in [0.1, 0.15) is 11.1 Å². The Bertz CT molecular complexity index is 759. The largest absolute Gasteiger partial charge is 0.495 e. The van der Waals surface area contributed by atoms with Crippen LogP contribution in [-0.2, 0) is 17.8 Å². The van der Waals surface area contributed by atoms with Gasteiger partial charge in [-0.25, -0.2) is 9.69 Å². The molecule has 3 amide bonds. The Morgan fingerprint density at radius 3 is 2.48 bits per heavy atom. The average Bonchev–Trinajstić information content (AvgIpc) is 2.83. The molecule has 0 N–H and O–H groups in total. The average molecular weight is 308 g/mol. The molecule has 5 heteroatoms. The number of fused-ring (bicyclic) bond motifs is 2. The number of carbonyl (C=O) groups excluding carboxylic acids is 2. The zero-order valence-corrected chi connectivity index (χ0v) is 12.7. The maximum absolute atomic E-state index is 12.8. The molecule has 2 aromatic rings. The van der Waals surface area contributed by atoms with Gasteiger partial charge in [-0.3, -0.25) is 4.79 Å². The van der Waals surface area contributed by atoms with Gasteiger partial charge in [0.2, 0.25) is 0 Å². The Morgan fingerprint density at radius 1 is 1.00 bits per heavy atom. The van der Waals surface area contributed by atoms with E-state index >= 15 is 0 Å². The molecular formula is C18H16N2O3. The highest BCUT2D eigenvalue weighted by atomic mass is 16.5. The van der Waals surface area contributed by atoms with E-state index in [0.29, 0.717) is 24.4 Å². The van der Waals surface area contributed by atoms with Crippen LogP contribution in [0.4, 0.5) is 10.5 Å². The predicted molar refractivity (Wildman–Crippen MR) is 85.4 cm³/mol. The van der Waals surface area contributed by atoms with E-state index in [1.54, 1.807) is 23.1 Å². The van der Waals surface area contributed by atoms with Crippen LogP contribution >= 0.6 is 0 Å². The number of hydrogen-bond donors (Lipinski definition) is 0. The Labute approximate surface area is 134 Å². The van der Waals surface area contributed by atoms with E-state index < -0.39 is 6.04 Å². The van der Waals surface area contributed by atoms with Gasteiger partial charge in [0, 0.05) is 13.0 Å². The number of benzene rings is 2. The van der Waals surface area contributed by atoms with E-state index in [-0.39, 0.29) is 11.9 Å². The second-order valence-electron chi connectivity index (χ2n) is 5.74. The van der Waals surface area contributed by atoms with Crippen LogP contribution in [0.5, 0.6) is 5.75 Å². The van der Waals surface area contributed by atoms with Crippen molar-refractivity contribution in [2.24, 2.45) is 0 Å². The van der Waals surface area contributed by atoms with Crippen molar-refractivity contribution in [3.63, 3.8) is 0 Å². The fourth-order valence-corrected chi connectivity index (χ4v) is 3.35. The summed E-state index contributed by atoms with van der Waals surface area (Å²) in [5, 5.41) is 0. The molecule has 0 saturated carbocycles. The number of methoxy groups -OCH3 is 1. The Kier molecular flexibility index (Phi) is 3.08. The number of anilines is 1. The monoisotopic (exact) mass is 308 g/mol. The molecular weight excluding hydrogens is 292 g/mol. The van der Waals surface area contributed by atoms with E-state index in [1.807, 2.05) is 30.3 Å². The molecule has 0 radical (unpaired) electrons. The number of nitrogens with zero attached hydrogens (tertiary/aromatic N) is 2. The molecule has 0 unspecified atom stereocenters. The molecule has 2 aliphatic rings. The summed E-state index contributed by atoms with van der Waals surface area (Å²) >= 11 is 0. The fourth-order valence-electron chi connectivity index (χ4n) is 3.35. The molecule has 0 aliphatic carbocycles. The zero-order valence-electron chi connectivity index (χ0n) is 12.7. The second kappa shape index (κ2) is 5.12. The number of rotatable bonds is 2. The highest BCUT2D eigenvalue weighted by molar-refractivity contribution is 6.22. The lowest BCUT2D eigenvalue weighted by atomic mass is 9.95. The summed E-state index contributed by atoms with van der Waals surface area (Å²) in [5.41, 5.74) is 2.74. The van der Waals surface area contributed by atoms with Crippen molar-refractivity contribution >= 4 is 17.6 Å². The highest BCUT2D eigenvalue weighted by Gasteiger charge is 2.48. The van der Waals surface area contributed by atoms with Crippen molar-refractivity contribution in [2.45, 2.75) is 19.0 Å². The first-order valence-electron chi connectivity index (χ1n) is 7.55. The number of carbonyl (C=O) groups is 2. The summed E-state index contributed by atoms with van der Waals surface area (Å²) < 4.78 is 5.30. The SMILES string of the molecule is COc1ccccc1N1C(=O)[C@@H]2Cc3ccccc3CN2C1=O. The maximum atomic E-state index is 12.8. The van der Waals surface area contributed by atoms with Gasteiger partial charge in [-0.1, -0.05) is 36.4 Å². The molecule has 2 aliphatic heterocycles. The van der Waals surface area contributed by atoms with Gasteiger partial charge in [0.1, 0.15) is 11.8 Å². The van der Waals surface area contributed by atoms with Crippen LogP contribution in [0.2, 0.25) is 0 Å². The molecule has 1 saturated heterocycles. The molecule has 0 spiro atoms. The lowest BCUT2D eigenvalue weighted by molar-refractivity contribution is -0.120. The summed E-state index contributed by atoms with van der Waals surface area (Å²) in [5.74, 6) is 0.334. The Balaban J connectivity index is 1.74. The fraction of sp³-hybridized carbons (Fsp3) is 0.222. The molecule has 23 heavy (non-hydrogen) atoms. The van der Waals surface area contributed by atoms with Crippen molar-refractivity contribution < 1.29 is 14.3 Å². The first kappa shape index (κ1) is 13.8. The molecule has 1 atom stereocenters. The number of hydrogen-bond acceptors (Lipinski definition) is 3. The minimum absolute atomic E-state index is 0.186. The third-order valence-electron chi connectivity index (χ3n) is 4.52. The van der Waals surface area contributed by atoms with Crippen molar-refractivity contribution in [1.29, 1.82) is 0 Å². The van der Waals surface area contributed by atoms with Gasteiger partial charge in [0.15, 0.2) is 0 Å². The predicted octanol–water partition coefficient (Wildman–Crippen LogP) is 2.59. The third kappa shape index (κ3) is 2.00. The first-order valence-corrected chi connectivity index (χ1v) is 7.55. The van der Waals surface area contributed by atoms with Gasteiger partial charge in [0.05, 0.1) is 12.8 Å². The molecule has 116 valence electrons. The van der Waals surface area contributed by atoms with Crippen molar-refractivity contribution in [3.8, 4) is 5.75 Å². The third-order valence-corrected chi connectivity index (χ3v) is 4.52. The highest BCUT2D eigenvalue weighted by Crippen LogP contribution is 2.36. The maximum Gasteiger partial charge on any atom is 0.332 e. The van der Waals surface area contributed by atoms with Crippen LogP contribution < -0.4 is 9.64 Å². The van der Waals surface area contributed by atoms with Crippen LogP contribution in [0.25, 0.3) is 0 Å². The van der Waals surface area contributed by atoms with Gasteiger partial charge in [-0.2, -0.15) is 0 Å². The van der Waals surface area contributed by atoms with E-state index in [0.717, 1.165) is 11.1 Å². The van der Waals surface area contributed by atoms with Crippen LogP contribution in [-0.4, -0.2) is 30.0 Å². The first-order chi connectivity index (χ1) is 11.2. The number of ether oxygens (including phenoxy) is 1. The van der Waals surface area contributed by atoms with E-state index in [9.17, 15) is 9.59 Å². The minimum Gasteiger partial charge on any atom is -0.495 e. The molecule has 4 rings (SSSR count). The number of para-hydroxylation sites is 2. The van der Waals surface area contributed by atoms with Crippen molar-refractivity contribution in [3.05, 3.63) is 59.7 Å². The smallest absolute Gasteiger partial charge is 0.332 e. The molecule has 5 nitrogen and oxygen atoms in total. The summed E-state index contributed by atoms with van der Waals surface area (Å²) in [6.45, 7) is 0.469. The van der Waals surface area contributed by atoms with Gasteiger partial charge < -0.3 is 9.64 Å². The molecule has 2 aromatic carbocycles. The summed E-state index contributed by atoms with van der Waals surface area (Å²) in [4.78, 5) is 28.5. The van der Waals surface area contributed by atoms with E-state index in [2.05, 4.69) is 0 Å². The van der Waals surface area contributed by atoms with Crippen LogP contribution in [0.3, 0.4) is 0 Å². The van der Waals surface area contributed by atoms with Crippen LogP contribution in [0.15, 0.2) is 48.5 Å². The summed E-state index contributed by atoms with van der Waals surface area (Å²) in [7, 11) is 1.53. The number of urea groups is 1. The zero-order chi connectivity index (χ0) is 16.0. The van der Waals surface area contributed by atoms with Crippen LogP contribution in [0, 0.1) is 0 Å². The van der Waals surface area contributed by atoms with Gasteiger partial charge in [-0.05, 0) is 23.3 Å². The second-order valence-corrected chi connectivity index (χ2v) is 5.74. The van der Waals surface area contributed by atoms with E-state index in [1.165, 1.54) is 12.0 Å². The molecule has 1 fully saturated rings. The lowest BCUT2D eigenvalue weighted by Crippen LogP contribution is -2.39. The number of amides is 3. The molecule has 2 heterocycles. The lowest BCUT2D eigenvalue weighted by Gasteiger charge is -2.28. The number of imide groups is 1. The van der Waals surface area contributed by atoms with Crippen molar-refractivity contribution in [2.75, 3.05) is 12.0 Å². The minimum atomic E-state index is -0.428. The molecule has 0 aromatic heterocycles. The van der Waals surface area contributed by atoms with Crippen molar-refractivity contribution in [1.82, 2.24) is 4.90 Å². The van der Waals surface area contributed by atoms with Gasteiger partial charge >= 0.3 is 6.03 Å². The van der Waals surface area contributed by atoms with Gasteiger partial charge in [0.25, 0.3) is 5.91 Å².